The molecule has 0 aromatic heterocycles. The van der Waals surface area contributed by atoms with Crippen molar-refractivity contribution in [3.05, 3.63) is 29.6 Å². The maximum Gasteiger partial charge on any atom is 0.419 e. The third-order valence-corrected chi connectivity index (χ3v) is 1.72. The Kier molecular flexibility index (Phi) is 3.55. The van der Waals surface area contributed by atoms with Crippen LogP contribution in [-0.2, 0) is 6.18 Å². The minimum absolute atomic E-state index is 0.0329. The van der Waals surface area contributed by atoms with Crippen molar-refractivity contribution < 1.29 is 22.3 Å². The van der Waals surface area contributed by atoms with E-state index in [1.807, 2.05) is 6.92 Å². The summed E-state index contributed by atoms with van der Waals surface area (Å²) in [5.41, 5.74) is -1.30. The van der Waals surface area contributed by atoms with Crippen molar-refractivity contribution in [3.63, 3.8) is 0 Å². The molecule has 1 aromatic rings. The number of ether oxygens (including phenoxy) is 1. The Balaban J connectivity index is 2.95. The van der Waals surface area contributed by atoms with Crippen LogP contribution in [0.15, 0.2) is 18.2 Å². The van der Waals surface area contributed by atoms with Gasteiger partial charge in [-0.15, -0.1) is 0 Å². The fourth-order valence-corrected chi connectivity index (χ4v) is 1.03. The standard InChI is InChI=1S/C10H10F4O/c1-2-5-15-7-3-4-9(11)8(6-7)10(12,13)14/h3-4,6H,2,5H2,1H3. The number of benzene rings is 1. The molecular formula is C10H10F4O. The molecule has 0 heterocycles. The minimum atomic E-state index is -4.68. The normalized spacial score (nSPS) is 11.5. The zero-order chi connectivity index (χ0) is 11.5. The molecule has 0 aliphatic heterocycles. The molecule has 1 nitrogen and oxygen atoms in total. The molecule has 0 radical (unpaired) electrons. The Hall–Kier alpha value is -1.26. The maximum absolute atomic E-state index is 12.8. The molecule has 0 unspecified atom stereocenters. The topological polar surface area (TPSA) is 9.23 Å². The van der Waals surface area contributed by atoms with Gasteiger partial charge in [-0.3, -0.25) is 0 Å². The molecule has 5 heteroatoms. The molecule has 0 fully saturated rings. The summed E-state index contributed by atoms with van der Waals surface area (Å²) in [4.78, 5) is 0. The molecule has 84 valence electrons. The van der Waals surface area contributed by atoms with E-state index < -0.39 is 17.6 Å². The Morgan fingerprint density at radius 3 is 2.47 bits per heavy atom. The molecule has 0 saturated carbocycles. The second-order valence-corrected chi connectivity index (χ2v) is 2.99. The lowest BCUT2D eigenvalue weighted by molar-refractivity contribution is -0.140. The molecule has 1 rings (SSSR count). The Morgan fingerprint density at radius 1 is 1.27 bits per heavy atom. The number of alkyl halides is 3. The van der Waals surface area contributed by atoms with Gasteiger partial charge in [-0.2, -0.15) is 13.2 Å². The van der Waals surface area contributed by atoms with E-state index in [2.05, 4.69) is 0 Å². The van der Waals surface area contributed by atoms with Gasteiger partial charge in [0.15, 0.2) is 0 Å². The molecule has 0 bridgehead atoms. The zero-order valence-electron chi connectivity index (χ0n) is 8.07. The van der Waals surface area contributed by atoms with E-state index in [-0.39, 0.29) is 5.75 Å². The first-order chi connectivity index (χ1) is 6.95. The molecule has 0 aliphatic rings. The largest absolute Gasteiger partial charge is 0.494 e. The molecule has 0 spiro atoms. The molecule has 0 N–H and O–H groups in total. The summed E-state index contributed by atoms with van der Waals surface area (Å²) < 4.78 is 54.6. The SMILES string of the molecule is CCCOc1ccc(F)c(C(F)(F)F)c1. The van der Waals surface area contributed by atoms with Gasteiger partial charge in [0, 0.05) is 0 Å². The summed E-state index contributed by atoms with van der Waals surface area (Å²) >= 11 is 0. The third-order valence-electron chi connectivity index (χ3n) is 1.72. The van der Waals surface area contributed by atoms with Crippen LogP contribution < -0.4 is 4.74 Å². The first kappa shape index (κ1) is 11.8. The van der Waals surface area contributed by atoms with Crippen molar-refractivity contribution in [2.45, 2.75) is 19.5 Å². The van der Waals surface area contributed by atoms with Crippen molar-refractivity contribution in [2.75, 3.05) is 6.61 Å². The van der Waals surface area contributed by atoms with Gasteiger partial charge in [0.2, 0.25) is 0 Å². The van der Waals surface area contributed by atoms with Crippen LogP contribution in [0.3, 0.4) is 0 Å². The lowest BCUT2D eigenvalue weighted by Crippen LogP contribution is -2.08. The average Bonchev–Trinajstić information content (AvgIpc) is 2.15. The summed E-state index contributed by atoms with van der Waals surface area (Å²) in [7, 11) is 0. The zero-order valence-corrected chi connectivity index (χ0v) is 8.07. The fraction of sp³-hybridized carbons (Fsp3) is 0.400. The number of halogens is 4. The Bertz CT molecular complexity index is 333. The van der Waals surface area contributed by atoms with Crippen LogP contribution in [0.1, 0.15) is 18.9 Å². The first-order valence-corrected chi connectivity index (χ1v) is 4.44. The van der Waals surface area contributed by atoms with E-state index in [0.29, 0.717) is 19.1 Å². The highest BCUT2D eigenvalue weighted by atomic mass is 19.4. The van der Waals surface area contributed by atoms with Gasteiger partial charge in [0.05, 0.1) is 12.2 Å². The van der Waals surface area contributed by atoms with Gasteiger partial charge in [0.25, 0.3) is 0 Å². The van der Waals surface area contributed by atoms with Gasteiger partial charge >= 0.3 is 6.18 Å². The number of hydrogen-bond donors (Lipinski definition) is 0. The van der Waals surface area contributed by atoms with E-state index in [9.17, 15) is 17.6 Å². The van der Waals surface area contributed by atoms with Crippen molar-refractivity contribution in [3.8, 4) is 5.75 Å². The van der Waals surface area contributed by atoms with Crippen LogP contribution >= 0.6 is 0 Å². The van der Waals surface area contributed by atoms with Crippen LogP contribution in [0, 0.1) is 5.82 Å². The predicted octanol–water partition coefficient (Wildman–Crippen LogP) is 3.63. The Morgan fingerprint density at radius 2 is 1.93 bits per heavy atom. The van der Waals surface area contributed by atoms with Crippen molar-refractivity contribution in [1.29, 1.82) is 0 Å². The van der Waals surface area contributed by atoms with Crippen LogP contribution in [-0.4, -0.2) is 6.61 Å². The van der Waals surface area contributed by atoms with E-state index in [4.69, 9.17) is 4.74 Å². The van der Waals surface area contributed by atoms with Crippen LogP contribution in [0.4, 0.5) is 17.6 Å². The van der Waals surface area contributed by atoms with Crippen LogP contribution in [0.2, 0.25) is 0 Å². The summed E-state index contributed by atoms with van der Waals surface area (Å²) in [6.45, 7) is 2.14. The smallest absolute Gasteiger partial charge is 0.419 e. The summed E-state index contributed by atoms with van der Waals surface area (Å²) in [5.74, 6) is -1.25. The predicted molar refractivity (Wildman–Crippen MR) is 47.2 cm³/mol. The fourth-order valence-electron chi connectivity index (χ4n) is 1.03. The second-order valence-electron chi connectivity index (χ2n) is 2.99. The van der Waals surface area contributed by atoms with Crippen LogP contribution in [0.5, 0.6) is 5.75 Å². The average molecular weight is 222 g/mol. The summed E-state index contributed by atoms with van der Waals surface area (Å²) in [5, 5.41) is 0. The van der Waals surface area contributed by atoms with Gasteiger partial charge in [-0.1, -0.05) is 6.92 Å². The molecular weight excluding hydrogens is 212 g/mol. The lowest BCUT2D eigenvalue weighted by Gasteiger charge is -2.10. The lowest BCUT2D eigenvalue weighted by atomic mass is 10.2. The summed E-state index contributed by atoms with van der Waals surface area (Å²) in [6, 6.07) is 2.61. The molecule has 15 heavy (non-hydrogen) atoms. The third kappa shape index (κ3) is 3.11. The molecule has 1 aromatic carbocycles. The highest BCUT2D eigenvalue weighted by Gasteiger charge is 2.34. The monoisotopic (exact) mass is 222 g/mol. The van der Waals surface area contributed by atoms with Crippen molar-refractivity contribution >= 4 is 0 Å². The highest BCUT2D eigenvalue weighted by Crippen LogP contribution is 2.33. The quantitative estimate of drug-likeness (QED) is 0.709. The van der Waals surface area contributed by atoms with E-state index in [1.165, 1.54) is 6.07 Å². The highest BCUT2D eigenvalue weighted by molar-refractivity contribution is 5.31. The molecule has 0 saturated heterocycles. The van der Waals surface area contributed by atoms with E-state index >= 15 is 0 Å². The van der Waals surface area contributed by atoms with Gasteiger partial charge in [-0.25, -0.2) is 4.39 Å². The van der Waals surface area contributed by atoms with E-state index in [1.54, 1.807) is 0 Å². The summed E-state index contributed by atoms with van der Waals surface area (Å²) in [6.07, 6.45) is -4.01. The van der Waals surface area contributed by atoms with Gasteiger partial charge < -0.3 is 4.74 Å². The maximum atomic E-state index is 12.8. The van der Waals surface area contributed by atoms with Crippen LogP contribution in [0.25, 0.3) is 0 Å². The van der Waals surface area contributed by atoms with E-state index in [0.717, 1.165) is 6.07 Å². The second kappa shape index (κ2) is 4.51. The minimum Gasteiger partial charge on any atom is -0.494 e. The van der Waals surface area contributed by atoms with Gasteiger partial charge in [-0.05, 0) is 24.6 Å². The van der Waals surface area contributed by atoms with Crippen molar-refractivity contribution in [1.82, 2.24) is 0 Å². The first-order valence-electron chi connectivity index (χ1n) is 4.44. The van der Waals surface area contributed by atoms with Gasteiger partial charge in [0.1, 0.15) is 11.6 Å². The molecule has 0 amide bonds. The Labute approximate surface area is 84.7 Å². The number of hydrogen-bond acceptors (Lipinski definition) is 1. The molecule has 0 aliphatic carbocycles. The van der Waals surface area contributed by atoms with Crippen molar-refractivity contribution in [2.24, 2.45) is 0 Å². The molecule has 0 atom stereocenters. The number of rotatable bonds is 3.